The van der Waals surface area contributed by atoms with Crippen LogP contribution in [0.4, 0.5) is 30.2 Å². The Kier molecular flexibility index (Phi) is 4.88. The molecule has 0 fully saturated rings. The van der Waals surface area contributed by atoms with Gasteiger partial charge >= 0.3 is 0 Å². The molecular formula is C19H14F3N3O. The minimum absolute atomic E-state index is 0.0845. The van der Waals surface area contributed by atoms with Gasteiger partial charge in [-0.1, -0.05) is 18.2 Å². The number of hydrogen-bond acceptors (Lipinski definition) is 3. The van der Waals surface area contributed by atoms with Gasteiger partial charge in [-0.05, 0) is 42.8 Å². The molecular weight excluding hydrogens is 343 g/mol. The number of nitrogens with one attached hydrogen (secondary N) is 2. The van der Waals surface area contributed by atoms with Crippen LogP contribution in [0.25, 0.3) is 0 Å². The normalized spacial score (nSPS) is 10.5. The Hall–Kier alpha value is -3.35. The highest BCUT2D eigenvalue weighted by Crippen LogP contribution is 2.24. The second-order valence-corrected chi connectivity index (χ2v) is 5.55. The molecule has 2 aromatic carbocycles. The van der Waals surface area contributed by atoms with E-state index in [0.717, 1.165) is 17.7 Å². The Morgan fingerprint density at radius 3 is 2.50 bits per heavy atom. The lowest BCUT2D eigenvalue weighted by atomic mass is 10.2. The first-order chi connectivity index (χ1) is 12.5. The van der Waals surface area contributed by atoms with E-state index in [1.54, 1.807) is 12.1 Å². The molecule has 1 heterocycles. The predicted molar refractivity (Wildman–Crippen MR) is 93.0 cm³/mol. The smallest absolute Gasteiger partial charge is 0.274 e. The van der Waals surface area contributed by atoms with Gasteiger partial charge in [0, 0.05) is 17.6 Å². The van der Waals surface area contributed by atoms with Crippen LogP contribution >= 0.6 is 0 Å². The Morgan fingerprint density at radius 2 is 1.73 bits per heavy atom. The van der Waals surface area contributed by atoms with Gasteiger partial charge in [-0.2, -0.15) is 0 Å². The molecule has 0 spiro atoms. The van der Waals surface area contributed by atoms with Crippen molar-refractivity contribution in [3.63, 3.8) is 0 Å². The molecule has 7 heteroatoms. The van der Waals surface area contributed by atoms with E-state index < -0.39 is 23.4 Å². The number of hydrogen-bond donors (Lipinski definition) is 2. The van der Waals surface area contributed by atoms with Crippen molar-refractivity contribution in [2.75, 3.05) is 10.6 Å². The van der Waals surface area contributed by atoms with Gasteiger partial charge in [-0.25, -0.2) is 13.2 Å². The number of aryl methyl sites for hydroxylation is 1. The van der Waals surface area contributed by atoms with Crippen LogP contribution in [-0.2, 0) is 0 Å². The highest BCUT2D eigenvalue weighted by molar-refractivity contribution is 6.03. The lowest BCUT2D eigenvalue weighted by Crippen LogP contribution is -2.14. The number of pyridine rings is 1. The number of carbonyl (C=O) groups excluding carboxylic acids is 1. The summed E-state index contributed by atoms with van der Waals surface area (Å²) in [7, 11) is 0. The van der Waals surface area contributed by atoms with Crippen molar-refractivity contribution >= 4 is 23.0 Å². The van der Waals surface area contributed by atoms with Crippen molar-refractivity contribution in [2.24, 2.45) is 0 Å². The Morgan fingerprint density at radius 1 is 0.962 bits per heavy atom. The number of halogens is 3. The van der Waals surface area contributed by atoms with Gasteiger partial charge in [-0.3, -0.25) is 9.78 Å². The van der Waals surface area contributed by atoms with Crippen molar-refractivity contribution in [1.29, 1.82) is 0 Å². The summed E-state index contributed by atoms with van der Waals surface area (Å²) in [5, 5.41) is 5.34. The highest BCUT2D eigenvalue weighted by Gasteiger charge is 2.14. The maximum Gasteiger partial charge on any atom is 0.274 e. The second-order valence-electron chi connectivity index (χ2n) is 5.55. The maximum atomic E-state index is 13.8. The standard InChI is InChI=1S/C19H14F3N3O/c1-11-4-2-3-5-14(11)25-19(26)16-10-12(8-9-23-16)24-15-7-6-13(20)17(21)18(15)22/h2-10H,1H3,(H,23,24)(H,25,26). The molecule has 2 N–H and O–H groups in total. The van der Waals surface area contributed by atoms with Crippen LogP contribution in [0.15, 0.2) is 54.7 Å². The topological polar surface area (TPSA) is 54.0 Å². The number of carbonyl (C=O) groups is 1. The fraction of sp³-hybridized carbons (Fsp3) is 0.0526. The molecule has 0 atom stereocenters. The van der Waals surface area contributed by atoms with Crippen molar-refractivity contribution in [1.82, 2.24) is 4.98 Å². The quantitative estimate of drug-likeness (QED) is 0.659. The van der Waals surface area contributed by atoms with Gasteiger partial charge in [-0.15, -0.1) is 0 Å². The summed E-state index contributed by atoms with van der Waals surface area (Å²) in [6.45, 7) is 1.85. The van der Waals surface area contributed by atoms with Gasteiger partial charge in [0.2, 0.25) is 0 Å². The molecule has 0 unspecified atom stereocenters. The third-order valence-electron chi connectivity index (χ3n) is 3.70. The Labute approximate surface area is 147 Å². The Balaban J connectivity index is 1.81. The summed E-state index contributed by atoms with van der Waals surface area (Å²) >= 11 is 0. The van der Waals surface area contributed by atoms with Gasteiger partial charge < -0.3 is 10.6 Å². The lowest BCUT2D eigenvalue weighted by Gasteiger charge is -2.10. The largest absolute Gasteiger partial charge is 0.353 e. The fourth-order valence-electron chi connectivity index (χ4n) is 2.31. The monoisotopic (exact) mass is 357 g/mol. The van der Waals surface area contributed by atoms with Gasteiger partial charge in [0.1, 0.15) is 5.69 Å². The van der Waals surface area contributed by atoms with E-state index in [4.69, 9.17) is 0 Å². The number of para-hydroxylation sites is 1. The number of nitrogens with zero attached hydrogens (tertiary/aromatic N) is 1. The van der Waals surface area contributed by atoms with Crippen LogP contribution in [0.5, 0.6) is 0 Å². The summed E-state index contributed by atoms with van der Waals surface area (Å²) in [5.74, 6) is -4.64. The molecule has 26 heavy (non-hydrogen) atoms. The third-order valence-corrected chi connectivity index (χ3v) is 3.70. The molecule has 0 saturated carbocycles. The molecule has 132 valence electrons. The SMILES string of the molecule is Cc1ccccc1NC(=O)c1cc(Nc2ccc(F)c(F)c2F)ccn1. The molecule has 3 aromatic rings. The minimum Gasteiger partial charge on any atom is -0.353 e. The predicted octanol–water partition coefficient (Wildman–Crippen LogP) is 4.80. The van der Waals surface area contributed by atoms with Crippen molar-refractivity contribution in [2.45, 2.75) is 6.92 Å². The lowest BCUT2D eigenvalue weighted by molar-refractivity contribution is 0.102. The van der Waals surface area contributed by atoms with Crippen LogP contribution in [-0.4, -0.2) is 10.9 Å². The third kappa shape index (κ3) is 3.66. The van der Waals surface area contributed by atoms with Gasteiger partial charge in [0.15, 0.2) is 17.5 Å². The van der Waals surface area contributed by atoms with Crippen LogP contribution in [0, 0.1) is 24.4 Å². The molecule has 0 aliphatic heterocycles. The number of rotatable bonds is 4. The average Bonchev–Trinajstić information content (AvgIpc) is 2.64. The summed E-state index contributed by atoms with van der Waals surface area (Å²) < 4.78 is 40.1. The fourth-order valence-corrected chi connectivity index (χ4v) is 2.31. The number of anilines is 3. The number of benzene rings is 2. The van der Waals surface area contributed by atoms with E-state index in [2.05, 4.69) is 15.6 Å². The van der Waals surface area contributed by atoms with E-state index >= 15 is 0 Å². The molecule has 4 nitrogen and oxygen atoms in total. The first-order valence-corrected chi connectivity index (χ1v) is 7.69. The van der Waals surface area contributed by atoms with Crippen molar-refractivity contribution < 1.29 is 18.0 Å². The van der Waals surface area contributed by atoms with E-state index in [1.165, 1.54) is 18.3 Å². The summed E-state index contributed by atoms with van der Waals surface area (Å²) in [6.07, 6.45) is 1.35. The van der Waals surface area contributed by atoms with Crippen LogP contribution < -0.4 is 10.6 Å². The summed E-state index contributed by atoms with van der Waals surface area (Å²) in [4.78, 5) is 16.3. The van der Waals surface area contributed by atoms with Crippen LogP contribution in [0.3, 0.4) is 0 Å². The first kappa shape index (κ1) is 17.5. The van der Waals surface area contributed by atoms with E-state index in [-0.39, 0.29) is 11.4 Å². The summed E-state index contributed by atoms with van der Waals surface area (Å²) in [5.41, 5.74) is 1.67. The molecule has 1 amide bonds. The molecule has 3 rings (SSSR count). The summed E-state index contributed by atoms with van der Waals surface area (Å²) in [6, 6.07) is 12.0. The van der Waals surface area contributed by atoms with E-state index in [0.29, 0.717) is 11.4 Å². The zero-order chi connectivity index (χ0) is 18.7. The molecule has 0 aliphatic rings. The molecule has 1 aromatic heterocycles. The van der Waals surface area contributed by atoms with E-state index in [9.17, 15) is 18.0 Å². The van der Waals surface area contributed by atoms with Crippen molar-refractivity contribution in [3.05, 3.63) is 83.4 Å². The van der Waals surface area contributed by atoms with Crippen molar-refractivity contribution in [3.8, 4) is 0 Å². The second kappa shape index (κ2) is 7.26. The zero-order valence-corrected chi connectivity index (χ0v) is 13.7. The highest BCUT2D eigenvalue weighted by atomic mass is 19.2. The first-order valence-electron chi connectivity index (χ1n) is 7.69. The van der Waals surface area contributed by atoms with E-state index in [1.807, 2.05) is 19.1 Å². The Bertz CT molecular complexity index is 976. The maximum absolute atomic E-state index is 13.8. The van der Waals surface area contributed by atoms with Crippen LogP contribution in [0.1, 0.15) is 16.1 Å². The van der Waals surface area contributed by atoms with Crippen LogP contribution in [0.2, 0.25) is 0 Å². The molecule has 0 aliphatic carbocycles. The number of amides is 1. The molecule has 0 radical (unpaired) electrons. The average molecular weight is 357 g/mol. The number of aromatic nitrogens is 1. The molecule has 0 saturated heterocycles. The van der Waals surface area contributed by atoms with Gasteiger partial charge in [0.25, 0.3) is 5.91 Å². The van der Waals surface area contributed by atoms with Gasteiger partial charge in [0.05, 0.1) is 5.69 Å². The zero-order valence-electron chi connectivity index (χ0n) is 13.7. The minimum atomic E-state index is -1.57. The molecule has 0 bridgehead atoms.